The maximum absolute atomic E-state index is 17.0. The minimum absolute atomic E-state index is 0.0295. The molecular weight excluding hydrogens is 585 g/mol. The molecule has 3 saturated heterocycles. The van der Waals surface area contributed by atoms with E-state index >= 15 is 8.78 Å². The molecule has 12 heteroatoms. The van der Waals surface area contributed by atoms with Crippen molar-refractivity contribution in [3.05, 3.63) is 41.5 Å². The average molecular weight is 621 g/mol. The van der Waals surface area contributed by atoms with Crippen LogP contribution < -0.4 is 20.1 Å². The van der Waals surface area contributed by atoms with E-state index in [9.17, 15) is 4.39 Å². The Labute approximate surface area is 258 Å². The predicted molar refractivity (Wildman–Crippen MR) is 165 cm³/mol. The fraction of sp³-hybridized carbons (Fsp3) is 0.485. The molecule has 0 unspecified atom stereocenters. The first-order chi connectivity index (χ1) is 21.8. The molecule has 236 valence electrons. The van der Waals surface area contributed by atoms with Gasteiger partial charge in [0.15, 0.2) is 5.82 Å². The third kappa shape index (κ3) is 4.63. The van der Waals surface area contributed by atoms with Gasteiger partial charge < -0.3 is 24.8 Å². The van der Waals surface area contributed by atoms with E-state index in [4.69, 9.17) is 29.9 Å². The lowest BCUT2D eigenvalue weighted by Gasteiger charge is -2.32. The Morgan fingerprint density at radius 1 is 1.09 bits per heavy atom. The van der Waals surface area contributed by atoms with Crippen LogP contribution in [0.15, 0.2) is 24.3 Å². The Balaban J connectivity index is 1.33. The summed E-state index contributed by atoms with van der Waals surface area (Å²) in [5.41, 5.74) is 7.60. The van der Waals surface area contributed by atoms with Gasteiger partial charge in [0.2, 0.25) is 11.8 Å². The van der Waals surface area contributed by atoms with Crippen molar-refractivity contribution in [2.75, 3.05) is 56.7 Å². The van der Waals surface area contributed by atoms with E-state index in [1.807, 2.05) is 13.0 Å². The molecule has 9 nitrogen and oxygen atoms in total. The number of nitrogen functional groups attached to an aromatic ring is 1. The molecule has 1 aromatic carbocycles. The smallest absolute Gasteiger partial charge is 0.225 e. The Morgan fingerprint density at radius 2 is 1.98 bits per heavy atom. The number of aromatic nitrogens is 3. The van der Waals surface area contributed by atoms with E-state index in [-0.39, 0.29) is 48.0 Å². The molecule has 0 saturated carbocycles. The number of hydrogen-bond acceptors (Lipinski definition) is 9. The average Bonchev–Trinajstić information content (AvgIpc) is 3.38. The summed E-state index contributed by atoms with van der Waals surface area (Å²) in [6.45, 7) is 5.31. The molecule has 0 aliphatic carbocycles. The number of aryl methyl sites for hydroxylation is 1. The number of hydrogen-bond donors (Lipinski definition) is 1. The van der Waals surface area contributed by atoms with E-state index in [0.29, 0.717) is 72.2 Å². The highest BCUT2D eigenvalue weighted by molar-refractivity contribution is 6.03. The largest absolute Gasteiger partial charge is 0.476 e. The molecule has 45 heavy (non-hydrogen) atoms. The number of alkyl halides is 1. The van der Waals surface area contributed by atoms with Gasteiger partial charge >= 0.3 is 0 Å². The summed E-state index contributed by atoms with van der Waals surface area (Å²) in [5.74, 6) is -0.498. The van der Waals surface area contributed by atoms with Crippen molar-refractivity contribution >= 4 is 33.3 Å². The van der Waals surface area contributed by atoms with Gasteiger partial charge in [-0.15, -0.1) is 0 Å². The number of pyridine rings is 3. The van der Waals surface area contributed by atoms with Crippen LogP contribution in [0.5, 0.6) is 11.8 Å². The van der Waals surface area contributed by atoms with Gasteiger partial charge in [0.1, 0.15) is 42.2 Å². The normalized spacial score (nSPS) is 24.8. The quantitative estimate of drug-likeness (QED) is 0.322. The summed E-state index contributed by atoms with van der Waals surface area (Å²) < 4.78 is 65.1. The Bertz CT molecular complexity index is 1820. The molecule has 2 N–H and O–H groups in total. The fourth-order valence-electron chi connectivity index (χ4n) is 7.82. The van der Waals surface area contributed by atoms with Crippen LogP contribution in [0.2, 0.25) is 0 Å². The van der Waals surface area contributed by atoms with Gasteiger partial charge in [0.25, 0.3) is 0 Å². The minimum atomic E-state index is -0.896. The van der Waals surface area contributed by atoms with Crippen LogP contribution in [0.3, 0.4) is 0 Å². The van der Waals surface area contributed by atoms with Gasteiger partial charge in [-0.25, -0.2) is 28.1 Å². The van der Waals surface area contributed by atoms with Crippen LogP contribution >= 0.6 is 0 Å². The number of benzene rings is 1. The molecule has 4 aliphatic heterocycles. The van der Waals surface area contributed by atoms with E-state index in [2.05, 4.69) is 14.8 Å². The number of anilines is 2. The molecule has 8 rings (SSSR count). The zero-order valence-corrected chi connectivity index (χ0v) is 25.1. The molecule has 3 aromatic heterocycles. The van der Waals surface area contributed by atoms with Crippen molar-refractivity contribution in [3.63, 3.8) is 0 Å². The lowest BCUT2D eigenvalue weighted by molar-refractivity contribution is 0.111. The standard InChI is InChI=1S/C33H35F3N6O3/c1-2-20-22(35)5-6-23-27(20)21(11-25(37)38-23)30-29(36)31-28-24(42-9-4-10-43-15-19(42)16-44-32(28)40-30)12-26(39-31)45-17-33-7-3-8-41(33)14-18(34)13-33/h5-6,11-12,18-19H,2-4,7-10,13-17H2,1H3,(H2,37,38)/t18-,19+,33+/m1/s1. The van der Waals surface area contributed by atoms with Crippen LogP contribution in [0.25, 0.3) is 33.1 Å². The van der Waals surface area contributed by atoms with Gasteiger partial charge in [0, 0.05) is 43.1 Å². The fourth-order valence-corrected chi connectivity index (χ4v) is 7.82. The van der Waals surface area contributed by atoms with Crippen molar-refractivity contribution in [2.45, 2.75) is 56.8 Å². The van der Waals surface area contributed by atoms with Crippen molar-refractivity contribution in [3.8, 4) is 23.0 Å². The number of fused-ring (bicyclic) bond motifs is 4. The minimum Gasteiger partial charge on any atom is -0.476 e. The van der Waals surface area contributed by atoms with Crippen molar-refractivity contribution in [2.24, 2.45) is 0 Å². The molecule has 3 fully saturated rings. The van der Waals surface area contributed by atoms with Crippen molar-refractivity contribution in [1.82, 2.24) is 19.9 Å². The number of nitrogens with two attached hydrogens (primary N) is 1. The number of halogens is 3. The molecule has 3 atom stereocenters. The molecule has 0 spiro atoms. The molecule has 0 bridgehead atoms. The third-order valence-corrected chi connectivity index (χ3v) is 9.88. The van der Waals surface area contributed by atoms with Crippen LogP contribution in [-0.4, -0.2) is 83.7 Å². The van der Waals surface area contributed by atoms with E-state index in [1.165, 1.54) is 18.2 Å². The third-order valence-electron chi connectivity index (χ3n) is 9.88. The second-order valence-corrected chi connectivity index (χ2v) is 12.6. The summed E-state index contributed by atoms with van der Waals surface area (Å²) in [6, 6.07) is 6.08. The maximum Gasteiger partial charge on any atom is 0.225 e. The lowest BCUT2D eigenvalue weighted by atomic mass is 9.95. The SMILES string of the molecule is CCc1c(F)ccc2nc(N)cc(-c3nc4c5c(cc(OC[C@@]67CCCN6C[C@H](F)C7)nc5c3F)N3CCCOC[C@H]3CO4)c12. The van der Waals surface area contributed by atoms with Crippen molar-refractivity contribution in [1.29, 1.82) is 0 Å². The van der Waals surface area contributed by atoms with Gasteiger partial charge in [0.05, 0.1) is 34.8 Å². The zero-order valence-electron chi connectivity index (χ0n) is 25.1. The Kier molecular flexibility index (Phi) is 6.90. The highest BCUT2D eigenvalue weighted by Crippen LogP contribution is 2.45. The number of nitrogens with zero attached hydrogens (tertiary/aromatic N) is 5. The second-order valence-electron chi connectivity index (χ2n) is 12.6. The highest BCUT2D eigenvalue weighted by Gasteiger charge is 2.49. The first-order valence-electron chi connectivity index (χ1n) is 15.8. The highest BCUT2D eigenvalue weighted by atomic mass is 19.1. The monoisotopic (exact) mass is 620 g/mol. The Morgan fingerprint density at radius 3 is 2.84 bits per heavy atom. The zero-order chi connectivity index (χ0) is 30.9. The maximum atomic E-state index is 17.0. The van der Waals surface area contributed by atoms with E-state index in [1.54, 1.807) is 0 Å². The van der Waals surface area contributed by atoms with Gasteiger partial charge in [-0.1, -0.05) is 6.92 Å². The lowest BCUT2D eigenvalue weighted by Crippen LogP contribution is -2.43. The Hall–Kier alpha value is -3.90. The molecule has 7 heterocycles. The predicted octanol–water partition coefficient (Wildman–Crippen LogP) is 5.21. The molecular formula is C33H35F3N6O3. The van der Waals surface area contributed by atoms with Crippen LogP contribution in [0.4, 0.5) is 24.7 Å². The van der Waals surface area contributed by atoms with Gasteiger partial charge in [-0.3, -0.25) is 4.90 Å². The van der Waals surface area contributed by atoms with Gasteiger partial charge in [-0.05, 0) is 56.0 Å². The van der Waals surface area contributed by atoms with Crippen LogP contribution in [-0.2, 0) is 11.2 Å². The molecule has 4 aromatic rings. The van der Waals surface area contributed by atoms with Crippen LogP contribution in [0, 0.1) is 11.6 Å². The van der Waals surface area contributed by atoms with E-state index < -0.39 is 23.3 Å². The van der Waals surface area contributed by atoms with Crippen LogP contribution in [0.1, 0.15) is 38.2 Å². The number of ether oxygens (including phenoxy) is 3. The first-order valence-corrected chi connectivity index (χ1v) is 15.8. The number of rotatable bonds is 5. The molecule has 0 radical (unpaired) electrons. The van der Waals surface area contributed by atoms with E-state index in [0.717, 1.165) is 25.8 Å². The molecule has 4 aliphatic rings. The summed E-state index contributed by atoms with van der Waals surface area (Å²) in [5, 5.41) is 0.877. The topological polar surface area (TPSA) is 98.9 Å². The summed E-state index contributed by atoms with van der Waals surface area (Å²) in [4.78, 5) is 18.2. The second kappa shape index (κ2) is 10.9. The first kappa shape index (κ1) is 28.6. The summed E-state index contributed by atoms with van der Waals surface area (Å²) >= 11 is 0. The molecule has 0 amide bonds. The summed E-state index contributed by atoms with van der Waals surface area (Å²) in [7, 11) is 0. The van der Waals surface area contributed by atoms with Crippen molar-refractivity contribution < 1.29 is 27.4 Å². The van der Waals surface area contributed by atoms with Gasteiger partial charge in [-0.2, -0.15) is 0 Å². The summed E-state index contributed by atoms with van der Waals surface area (Å²) in [6.07, 6.45) is 2.47.